The first-order chi connectivity index (χ1) is 13.3. The second-order valence-electron chi connectivity index (χ2n) is 6.58. The molecule has 1 heterocycles. The Balaban J connectivity index is 1.90. The molecule has 0 radical (unpaired) electrons. The summed E-state index contributed by atoms with van der Waals surface area (Å²) in [4.78, 5) is 38.8. The van der Waals surface area contributed by atoms with Gasteiger partial charge in [-0.1, -0.05) is 12.1 Å². The Morgan fingerprint density at radius 1 is 1.11 bits per heavy atom. The van der Waals surface area contributed by atoms with Crippen molar-refractivity contribution in [3.05, 3.63) is 58.5 Å². The summed E-state index contributed by atoms with van der Waals surface area (Å²) in [5.41, 5.74) is 1.93. The number of aryl methyl sites for hydroxylation is 1. The largest absolute Gasteiger partial charge is 0.495 e. The number of aromatic nitrogens is 2. The van der Waals surface area contributed by atoms with E-state index in [1.54, 1.807) is 45.4 Å². The van der Waals surface area contributed by atoms with Gasteiger partial charge in [0.2, 0.25) is 5.91 Å². The minimum Gasteiger partial charge on any atom is -0.495 e. The maximum absolute atomic E-state index is 12.6. The number of carbonyl (C=O) groups is 2. The van der Waals surface area contributed by atoms with Crippen LogP contribution in [0.2, 0.25) is 0 Å². The molecule has 146 valence electrons. The molecule has 1 N–H and O–H groups in total. The number of para-hydroxylation sites is 2. The summed E-state index contributed by atoms with van der Waals surface area (Å²) in [6.45, 7) is -0.158. The van der Waals surface area contributed by atoms with Crippen molar-refractivity contribution in [2.24, 2.45) is 7.05 Å². The molecule has 3 aromatic rings. The monoisotopic (exact) mass is 382 g/mol. The van der Waals surface area contributed by atoms with E-state index in [-0.39, 0.29) is 18.1 Å². The first-order valence-corrected chi connectivity index (χ1v) is 8.67. The van der Waals surface area contributed by atoms with Crippen LogP contribution in [0.1, 0.15) is 10.4 Å². The lowest BCUT2D eigenvalue weighted by atomic mass is 10.1. The summed E-state index contributed by atoms with van der Waals surface area (Å²) in [6, 6.07) is 12.1. The number of nitrogens with zero attached hydrogens (tertiary/aromatic N) is 3. The summed E-state index contributed by atoms with van der Waals surface area (Å²) >= 11 is 0. The van der Waals surface area contributed by atoms with Crippen molar-refractivity contribution in [2.75, 3.05) is 26.5 Å². The fourth-order valence-corrected chi connectivity index (χ4v) is 3.05. The Kier molecular flexibility index (Phi) is 5.21. The molecule has 3 rings (SSSR count). The zero-order valence-corrected chi connectivity index (χ0v) is 16.2. The lowest BCUT2D eigenvalue weighted by Gasteiger charge is -2.14. The number of fused-ring (bicyclic) bond motifs is 1. The Morgan fingerprint density at radius 2 is 1.79 bits per heavy atom. The number of methoxy groups -OCH3 is 1. The minimum atomic E-state index is -0.397. The first-order valence-electron chi connectivity index (χ1n) is 8.67. The van der Waals surface area contributed by atoms with Crippen LogP contribution in [-0.4, -0.2) is 47.1 Å². The Labute approximate surface area is 161 Å². The Hall–Kier alpha value is -3.55. The van der Waals surface area contributed by atoms with Crippen molar-refractivity contribution in [1.29, 1.82) is 0 Å². The van der Waals surface area contributed by atoms with Crippen LogP contribution >= 0.6 is 0 Å². The summed E-state index contributed by atoms with van der Waals surface area (Å²) in [6.07, 6.45) is 0. The highest BCUT2D eigenvalue weighted by atomic mass is 16.5. The van der Waals surface area contributed by atoms with Crippen molar-refractivity contribution in [1.82, 2.24) is 14.0 Å². The number of anilines is 1. The van der Waals surface area contributed by atoms with Crippen LogP contribution in [0.25, 0.3) is 11.0 Å². The van der Waals surface area contributed by atoms with E-state index in [1.807, 2.05) is 18.2 Å². The number of benzene rings is 2. The van der Waals surface area contributed by atoms with Crippen molar-refractivity contribution in [3.8, 4) is 5.75 Å². The van der Waals surface area contributed by atoms with Gasteiger partial charge in [-0.15, -0.1) is 0 Å². The van der Waals surface area contributed by atoms with E-state index in [1.165, 1.54) is 21.1 Å². The van der Waals surface area contributed by atoms with Gasteiger partial charge in [-0.3, -0.25) is 18.7 Å². The highest BCUT2D eigenvalue weighted by Crippen LogP contribution is 2.26. The van der Waals surface area contributed by atoms with Crippen LogP contribution in [0.15, 0.2) is 47.3 Å². The molecule has 0 aliphatic rings. The molecule has 0 atom stereocenters. The number of nitrogens with one attached hydrogen (secondary N) is 1. The van der Waals surface area contributed by atoms with Crippen LogP contribution in [-0.2, 0) is 18.4 Å². The minimum absolute atomic E-state index is 0.158. The lowest BCUT2D eigenvalue weighted by molar-refractivity contribution is -0.116. The molecule has 8 nitrogen and oxygen atoms in total. The van der Waals surface area contributed by atoms with Gasteiger partial charge < -0.3 is 15.0 Å². The van der Waals surface area contributed by atoms with E-state index in [2.05, 4.69) is 5.32 Å². The molecule has 1 aromatic heterocycles. The molecule has 8 heteroatoms. The van der Waals surface area contributed by atoms with Crippen LogP contribution in [0, 0.1) is 0 Å². The maximum Gasteiger partial charge on any atom is 0.329 e. The quantitative estimate of drug-likeness (QED) is 0.728. The topological polar surface area (TPSA) is 85.6 Å². The summed E-state index contributed by atoms with van der Waals surface area (Å²) in [5, 5.41) is 2.74. The molecule has 0 saturated carbocycles. The molecule has 0 bridgehead atoms. The molecular formula is C20H22N4O4. The van der Waals surface area contributed by atoms with Crippen LogP contribution in [0.5, 0.6) is 5.75 Å². The van der Waals surface area contributed by atoms with Crippen molar-refractivity contribution in [3.63, 3.8) is 0 Å². The highest BCUT2D eigenvalue weighted by Gasteiger charge is 2.16. The van der Waals surface area contributed by atoms with Gasteiger partial charge in [-0.05, 0) is 30.3 Å². The third-order valence-electron chi connectivity index (χ3n) is 4.48. The number of imidazole rings is 1. The molecule has 28 heavy (non-hydrogen) atoms. The molecule has 0 saturated heterocycles. The Morgan fingerprint density at radius 3 is 2.43 bits per heavy atom. The second kappa shape index (κ2) is 7.59. The molecule has 0 aliphatic heterocycles. The van der Waals surface area contributed by atoms with Crippen LogP contribution < -0.4 is 15.7 Å². The van der Waals surface area contributed by atoms with E-state index in [4.69, 9.17) is 4.74 Å². The molecule has 2 amide bonds. The van der Waals surface area contributed by atoms with Gasteiger partial charge in [0, 0.05) is 26.7 Å². The van der Waals surface area contributed by atoms with E-state index in [9.17, 15) is 14.4 Å². The lowest BCUT2D eigenvalue weighted by Crippen LogP contribution is -2.28. The molecule has 0 spiro atoms. The SMILES string of the molecule is COc1ccc(C(=O)N(C)C)cc1NC(=O)Cn1c(=O)n(C)c2ccccc21. The third-order valence-corrected chi connectivity index (χ3v) is 4.48. The number of ether oxygens (including phenoxy) is 1. The zero-order chi connectivity index (χ0) is 20.4. The number of hydrogen-bond donors (Lipinski definition) is 1. The van der Waals surface area contributed by atoms with Gasteiger partial charge in [0.1, 0.15) is 12.3 Å². The van der Waals surface area contributed by atoms with Gasteiger partial charge in [-0.25, -0.2) is 4.79 Å². The highest BCUT2D eigenvalue weighted by molar-refractivity contribution is 5.98. The summed E-state index contributed by atoms with van der Waals surface area (Å²) < 4.78 is 8.19. The fourth-order valence-electron chi connectivity index (χ4n) is 3.05. The van der Waals surface area contributed by atoms with E-state index >= 15 is 0 Å². The van der Waals surface area contributed by atoms with Crippen LogP contribution in [0.3, 0.4) is 0 Å². The van der Waals surface area contributed by atoms with E-state index in [0.29, 0.717) is 22.5 Å². The van der Waals surface area contributed by atoms with Crippen molar-refractivity contribution >= 4 is 28.5 Å². The van der Waals surface area contributed by atoms with Gasteiger partial charge in [0.05, 0.1) is 23.8 Å². The summed E-state index contributed by atoms with van der Waals surface area (Å²) in [5.74, 6) is -0.163. The Bertz CT molecular complexity index is 1110. The average molecular weight is 382 g/mol. The van der Waals surface area contributed by atoms with Gasteiger partial charge in [0.15, 0.2) is 0 Å². The third kappa shape index (κ3) is 3.48. The molecule has 2 aromatic carbocycles. The number of hydrogen-bond acceptors (Lipinski definition) is 4. The van der Waals surface area contributed by atoms with Crippen molar-refractivity contribution in [2.45, 2.75) is 6.54 Å². The maximum atomic E-state index is 12.6. The number of rotatable bonds is 5. The smallest absolute Gasteiger partial charge is 0.329 e. The number of amides is 2. The second-order valence-corrected chi connectivity index (χ2v) is 6.58. The van der Waals surface area contributed by atoms with Crippen molar-refractivity contribution < 1.29 is 14.3 Å². The summed E-state index contributed by atoms with van der Waals surface area (Å²) in [7, 11) is 6.45. The van der Waals surface area contributed by atoms with E-state index in [0.717, 1.165) is 5.52 Å². The van der Waals surface area contributed by atoms with Crippen LogP contribution in [0.4, 0.5) is 5.69 Å². The number of carbonyl (C=O) groups excluding carboxylic acids is 2. The van der Waals surface area contributed by atoms with E-state index < -0.39 is 5.91 Å². The van der Waals surface area contributed by atoms with Gasteiger partial charge in [0.25, 0.3) is 5.91 Å². The van der Waals surface area contributed by atoms with Gasteiger partial charge in [-0.2, -0.15) is 0 Å². The standard InChI is InChI=1S/C20H22N4O4/c1-22(2)19(26)13-9-10-17(28-4)14(11-13)21-18(25)12-24-16-8-6-5-7-15(16)23(3)20(24)27/h5-11H,12H2,1-4H3,(H,21,25). The molecule has 0 unspecified atom stereocenters. The molecular weight excluding hydrogens is 360 g/mol. The molecule has 0 fully saturated rings. The average Bonchev–Trinajstić information content (AvgIpc) is 2.92. The zero-order valence-electron chi connectivity index (χ0n) is 16.2. The molecule has 0 aliphatic carbocycles. The predicted molar refractivity (Wildman–Crippen MR) is 107 cm³/mol. The normalized spacial score (nSPS) is 10.7. The first kappa shape index (κ1) is 19.2. The predicted octanol–water partition coefficient (Wildman–Crippen LogP) is 1.69. The fraction of sp³-hybridized carbons (Fsp3) is 0.250. The van der Waals surface area contributed by atoms with Gasteiger partial charge >= 0.3 is 5.69 Å².